The van der Waals surface area contributed by atoms with Crippen molar-refractivity contribution in [2.75, 3.05) is 0 Å². The van der Waals surface area contributed by atoms with Crippen LogP contribution in [0.15, 0.2) is 12.4 Å². The van der Waals surface area contributed by atoms with Crippen LogP contribution in [0.4, 0.5) is 8.78 Å². The van der Waals surface area contributed by atoms with E-state index in [0.717, 1.165) is 17.4 Å². The highest BCUT2D eigenvalue weighted by Gasteiger charge is 2.14. The lowest BCUT2D eigenvalue weighted by molar-refractivity contribution is 0.0664. The van der Waals surface area contributed by atoms with Gasteiger partial charge in [0.1, 0.15) is 5.82 Å². The Balaban J connectivity index is 1.83. The van der Waals surface area contributed by atoms with Crippen molar-refractivity contribution in [2.24, 2.45) is 0 Å². The van der Waals surface area contributed by atoms with Crippen molar-refractivity contribution >= 4 is 0 Å². The molecule has 0 amide bonds. The molecule has 1 N–H and O–H groups in total. The molecule has 3 nitrogen and oxygen atoms in total. The zero-order chi connectivity index (χ0) is 12.8. The molecule has 1 saturated carbocycles. The molecule has 0 radical (unpaired) electrons. The van der Waals surface area contributed by atoms with Crippen LogP contribution < -0.4 is 5.32 Å². The summed E-state index contributed by atoms with van der Waals surface area (Å²) in [7, 11) is 0. The van der Waals surface area contributed by atoms with Gasteiger partial charge in [0.05, 0.1) is 6.54 Å². The number of nitrogens with one attached hydrogen (secondary N) is 1. The molecule has 1 aromatic heterocycles. The lowest BCUT2D eigenvalue weighted by Gasteiger charge is -2.21. The molecule has 0 saturated heterocycles. The van der Waals surface area contributed by atoms with Gasteiger partial charge in [0.2, 0.25) is 0 Å². The molecule has 0 aromatic carbocycles. The van der Waals surface area contributed by atoms with Gasteiger partial charge >= 0.3 is 6.55 Å². The number of rotatable bonds is 4. The van der Waals surface area contributed by atoms with Gasteiger partial charge < -0.3 is 5.32 Å². The summed E-state index contributed by atoms with van der Waals surface area (Å²) in [5.74, 6) is 0.423. The van der Waals surface area contributed by atoms with Gasteiger partial charge in [0.25, 0.3) is 0 Å². The summed E-state index contributed by atoms with van der Waals surface area (Å²) in [6, 6.07) is 0.452. The van der Waals surface area contributed by atoms with Crippen LogP contribution >= 0.6 is 0 Å². The molecule has 5 heteroatoms. The maximum absolute atomic E-state index is 12.6. The van der Waals surface area contributed by atoms with Gasteiger partial charge in [-0.05, 0) is 12.8 Å². The van der Waals surface area contributed by atoms with E-state index in [1.807, 2.05) is 0 Å². The minimum Gasteiger partial charge on any atom is -0.307 e. The number of hydrogen-bond acceptors (Lipinski definition) is 2. The molecule has 0 aliphatic heterocycles. The molecule has 102 valence electrons. The summed E-state index contributed by atoms with van der Waals surface area (Å²) in [5.41, 5.74) is 0. The summed E-state index contributed by atoms with van der Waals surface area (Å²) < 4.78 is 26.2. The molecule has 1 aliphatic carbocycles. The fourth-order valence-corrected chi connectivity index (χ4v) is 2.55. The average molecular weight is 257 g/mol. The molecule has 18 heavy (non-hydrogen) atoms. The van der Waals surface area contributed by atoms with E-state index in [2.05, 4.69) is 10.3 Å². The lowest BCUT2D eigenvalue weighted by Crippen LogP contribution is -2.30. The Morgan fingerprint density at radius 3 is 2.56 bits per heavy atom. The first-order valence-corrected chi connectivity index (χ1v) is 6.80. The van der Waals surface area contributed by atoms with Crippen LogP contribution in [-0.2, 0) is 6.54 Å². The van der Waals surface area contributed by atoms with E-state index < -0.39 is 6.55 Å². The van der Waals surface area contributed by atoms with E-state index in [1.54, 1.807) is 0 Å². The third-order valence-corrected chi connectivity index (χ3v) is 3.61. The van der Waals surface area contributed by atoms with Crippen LogP contribution in [0.25, 0.3) is 0 Å². The number of aromatic nitrogens is 2. The van der Waals surface area contributed by atoms with Crippen molar-refractivity contribution in [3.8, 4) is 0 Å². The molecule has 1 heterocycles. The summed E-state index contributed by atoms with van der Waals surface area (Å²) in [5, 5.41) is 3.37. The van der Waals surface area contributed by atoms with Crippen LogP contribution in [0.3, 0.4) is 0 Å². The van der Waals surface area contributed by atoms with Crippen molar-refractivity contribution < 1.29 is 8.78 Å². The molecule has 0 spiro atoms. The summed E-state index contributed by atoms with van der Waals surface area (Å²) in [6.07, 6.45) is 11.5. The van der Waals surface area contributed by atoms with E-state index in [9.17, 15) is 8.78 Å². The van der Waals surface area contributed by atoms with Gasteiger partial charge in [-0.15, -0.1) is 0 Å². The van der Waals surface area contributed by atoms with Crippen LogP contribution in [-0.4, -0.2) is 15.6 Å². The highest BCUT2D eigenvalue weighted by Crippen LogP contribution is 2.18. The third-order valence-electron chi connectivity index (χ3n) is 3.61. The van der Waals surface area contributed by atoms with Crippen molar-refractivity contribution in [2.45, 2.75) is 64.1 Å². The van der Waals surface area contributed by atoms with E-state index >= 15 is 0 Å². The first-order valence-electron chi connectivity index (χ1n) is 6.80. The summed E-state index contributed by atoms with van der Waals surface area (Å²) in [4.78, 5) is 3.98. The average Bonchev–Trinajstić information content (AvgIpc) is 2.76. The van der Waals surface area contributed by atoms with Crippen LogP contribution in [0.2, 0.25) is 0 Å². The Kier molecular flexibility index (Phi) is 5.11. The van der Waals surface area contributed by atoms with Gasteiger partial charge in [-0.1, -0.05) is 32.1 Å². The highest BCUT2D eigenvalue weighted by molar-refractivity contribution is 4.92. The van der Waals surface area contributed by atoms with E-state index in [1.165, 1.54) is 44.5 Å². The predicted molar refractivity (Wildman–Crippen MR) is 66.4 cm³/mol. The molecule has 1 aliphatic rings. The van der Waals surface area contributed by atoms with Crippen LogP contribution in [0, 0.1) is 0 Å². The number of halogens is 2. The van der Waals surface area contributed by atoms with Crippen molar-refractivity contribution in [1.82, 2.24) is 14.9 Å². The first-order chi connectivity index (χ1) is 8.77. The maximum atomic E-state index is 12.6. The number of alkyl halides is 2. The minimum atomic E-state index is -2.50. The predicted octanol–water partition coefficient (Wildman–Crippen LogP) is 3.48. The Morgan fingerprint density at radius 1 is 1.22 bits per heavy atom. The normalized spacial score (nSPS) is 18.8. The highest BCUT2D eigenvalue weighted by atomic mass is 19.3. The molecular formula is C13H21F2N3. The van der Waals surface area contributed by atoms with E-state index in [0.29, 0.717) is 18.4 Å². The Morgan fingerprint density at radius 2 is 1.89 bits per heavy atom. The topological polar surface area (TPSA) is 29.9 Å². The Hall–Kier alpha value is -0.970. The molecule has 1 fully saturated rings. The Bertz CT molecular complexity index is 344. The minimum absolute atomic E-state index is 0.423. The van der Waals surface area contributed by atoms with Gasteiger partial charge in [0, 0.05) is 18.4 Å². The standard InChI is InChI=1S/C13H21F2N3/c14-13(15)18-9-8-16-12(18)10-17-11-6-4-2-1-3-5-7-11/h8-9,11,13,17H,1-7,10H2. The summed E-state index contributed by atoms with van der Waals surface area (Å²) >= 11 is 0. The fourth-order valence-electron chi connectivity index (χ4n) is 2.55. The van der Waals surface area contributed by atoms with Gasteiger partial charge in [-0.2, -0.15) is 8.78 Å². The smallest absolute Gasteiger partial charge is 0.307 e. The quantitative estimate of drug-likeness (QED) is 0.895. The number of hydrogen-bond donors (Lipinski definition) is 1. The SMILES string of the molecule is FC(F)n1ccnc1CNC1CCCCCCC1. The molecule has 2 rings (SSSR count). The van der Waals surface area contributed by atoms with Crippen LogP contribution in [0.5, 0.6) is 0 Å². The fraction of sp³-hybridized carbons (Fsp3) is 0.769. The Labute approximate surface area is 107 Å². The van der Waals surface area contributed by atoms with Crippen molar-refractivity contribution in [3.63, 3.8) is 0 Å². The molecule has 0 atom stereocenters. The summed E-state index contributed by atoms with van der Waals surface area (Å²) in [6.45, 7) is -2.07. The zero-order valence-corrected chi connectivity index (χ0v) is 10.6. The monoisotopic (exact) mass is 257 g/mol. The van der Waals surface area contributed by atoms with Gasteiger partial charge in [-0.3, -0.25) is 4.57 Å². The second kappa shape index (κ2) is 6.83. The molecule has 1 aromatic rings. The molecule has 0 unspecified atom stereocenters. The largest absolute Gasteiger partial charge is 0.319 e. The molecule has 0 bridgehead atoms. The lowest BCUT2D eigenvalue weighted by atomic mass is 9.97. The van der Waals surface area contributed by atoms with E-state index in [-0.39, 0.29) is 0 Å². The second-order valence-corrected chi connectivity index (χ2v) is 4.95. The van der Waals surface area contributed by atoms with Gasteiger partial charge in [0.15, 0.2) is 0 Å². The second-order valence-electron chi connectivity index (χ2n) is 4.95. The maximum Gasteiger partial charge on any atom is 0.319 e. The van der Waals surface area contributed by atoms with Gasteiger partial charge in [-0.25, -0.2) is 4.98 Å². The molecular weight excluding hydrogens is 236 g/mol. The van der Waals surface area contributed by atoms with Crippen molar-refractivity contribution in [3.05, 3.63) is 18.2 Å². The van der Waals surface area contributed by atoms with Crippen LogP contribution in [0.1, 0.15) is 57.3 Å². The van der Waals surface area contributed by atoms with E-state index in [4.69, 9.17) is 0 Å². The first kappa shape index (κ1) is 13.5. The number of imidazole rings is 1. The number of nitrogens with zero attached hydrogens (tertiary/aromatic N) is 2. The third kappa shape index (κ3) is 3.77. The zero-order valence-electron chi connectivity index (χ0n) is 10.6. The van der Waals surface area contributed by atoms with Crippen molar-refractivity contribution in [1.29, 1.82) is 0 Å².